The Kier molecular flexibility index (Phi) is 1.65. The molecule has 1 aromatic rings. The molecule has 0 saturated carbocycles. The SMILES string of the molecule is CC1(C)CC(=O)[N]c2ccccc21. The Hall–Kier alpha value is -1.31. The lowest BCUT2D eigenvalue weighted by molar-refractivity contribution is -0.121. The summed E-state index contributed by atoms with van der Waals surface area (Å²) in [6, 6.07) is 7.85. The van der Waals surface area contributed by atoms with Gasteiger partial charge in [0.1, 0.15) is 0 Å². The zero-order chi connectivity index (χ0) is 9.47. The molecule has 1 aliphatic rings. The van der Waals surface area contributed by atoms with Gasteiger partial charge in [-0.1, -0.05) is 32.0 Å². The second kappa shape index (κ2) is 2.59. The van der Waals surface area contributed by atoms with Gasteiger partial charge in [0, 0.05) is 11.8 Å². The summed E-state index contributed by atoms with van der Waals surface area (Å²) in [5, 5.41) is 4.00. The van der Waals surface area contributed by atoms with Crippen molar-refractivity contribution in [1.29, 1.82) is 0 Å². The Morgan fingerprint density at radius 1 is 1.31 bits per heavy atom. The van der Waals surface area contributed by atoms with Crippen LogP contribution >= 0.6 is 0 Å². The standard InChI is InChI=1S/C11H12NO/c1-11(2)7-10(13)12-9-6-4-3-5-8(9)11/h3-6H,7H2,1-2H3. The third kappa shape index (κ3) is 1.32. The number of nitrogens with zero attached hydrogens (tertiary/aromatic N) is 1. The van der Waals surface area contributed by atoms with Crippen molar-refractivity contribution in [2.24, 2.45) is 0 Å². The van der Waals surface area contributed by atoms with Crippen molar-refractivity contribution in [3.05, 3.63) is 29.8 Å². The van der Waals surface area contributed by atoms with E-state index >= 15 is 0 Å². The van der Waals surface area contributed by atoms with Crippen LogP contribution in [-0.4, -0.2) is 5.91 Å². The van der Waals surface area contributed by atoms with E-state index in [1.807, 2.05) is 24.3 Å². The van der Waals surface area contributed by atoms with E-state index in [9.17, 15) is 4.79 Å². The summed E-state index contributed by atoms with van der Waals surface area (Å²) in [6.45, 7) is 4.16. The Morgan fingerprint density at radius 2 is 2.00 bits per heavy atom. The summed E-state index contributed by atoms with van der Waals surface area (Å²) < 4.78 is 0. The van der Waals surface area contributed by atoms with Gasteiger partial charge in [-0.2, -0.15) is 0 Å². The minimum atomic E-state index is -0.0601. The van der Waals surface area contributed by atoms with Gasteiger partial charge in [0.05, 0.1) is 5.69 Å². The Balaban J connectivity index is 2.56. The van der Waals surface area contributed by atoms with Gasteiger partial charge in [-0.25, -0.2) is 5.32 Å². The highest BCUT2D eigenvalue weighted by Crippen LogP contribution is 2.36. The van der Waals surface area contributed by atoms with Crippen LogP contribution < -0.4 is 5.32 Å². The molecule has 1 aromatic carbocycles. The van der Waals surface area contributed by atoms with E-state index in [2.05, 4.69) is 19.2 Å². The topological polar surface area (TPSA) is 31.2 Å². The molecule has 0 bridgehead atoms. The first kappa shape index (κ1) is 8.30. The molecule has 0 atom stereocenters. The number of hydrogen-bond acceptors (Lipinski definition) is 1. The first-order valence-corrected chi connectivity index (χ1v) is 4.44. The number of carbonyl (C=O) groups is 1. The molecule has 0 aromatic heterocycles. The fourth-order valence-electron chi connectivity index (χ4n) is 1.79. The predicted molar refractivity (Wildman–Crippen MR) is 50.9 cm³/mol. The van der Waals surface area contributed by atoms with Gasteiger partial charge < -0.3 is 0 Å². The highest BCUT2D eigenvalue weighted by molar-refractivity contribution is 5.85. The first-order chi connectivity index (χ1) is 6.09. The minimum Gasteiger partial charge on any atom is -0.273 e. The summed E-state index contributed by atoms with van der Waals surface area (Å²) in [6.07, 6.45) is 0.518. The van der Waals surface area contributed by atoms with Gasteiger partial charge in [0.25, 0.3) is 0 Å². The Labute approximate surface area is 78.0 Å². The molecule has 0 N–H and O–H groups in total. The third-order valence-corrected chi connectivity index (χ3v) is 2.47. The maximum atomic E-state index is 11.3. The van der Waals surface area contributed by atoms with Gasteiger partial charge in [0.2, 0.25) is 5.91 Å². The van der Waals surface area contributed by atoms with Crippen molar-refractivity contribution in [2.75, 3.05) is 0 Å². The van der Waals surface area contributed by atoms with Crippen molar-refractivity contribution >= 4 is 11.6 Å². The molecule has 1 heterocycles. The molecular formula is C11H12NO. The molecule has 2 rings (SSSR count). The maximum absolute atomic E-state index is 11.3. The van der Waals surface area contributed by atoms with Crippen LogP contribution in [0.2, 0.25) is 0 Å². The number of hydrogen-bond donors (Lipinski definition) is 0. The molecule has 1 amide bonds. The predicted octanol–water partition coefficient (Wildman–Crippen LogP) is 2.13. The molecule has 0 unspecified atom stereocenters. The van der Waals surface area contributed by atoms with Crippen LogP contribution in [0.4, 0.5) is 5.69 Å². The molecule has 13 heavy (non-hydrogen) atoms. The van der Waals surface area contributed by atoms with Crippen LogP contribution in [0.15, 0.2) is 24.3 Å². The molecule has 2 heteroatoms. The average molecular weight is 174 g/mol. The molecule has 0 aliphatic carbocycles. The molecular weight excluding hydrogens is 162 g/mol. The van der Waals surface area contributed by atoms with Crippen LogP contribution in [0.1, 0.15) is 25.8 Å². The number of benzene rings is 1. The first-order valence-electron chi connectivity index (χ1n) is 4.44. The lowest BCUT2D eigenvalue weighted by Gasteiger charge is -2.30. The highest BCUT2D eigenvalue weighted by Gasteiger charge is 2.32. The van der Waals surface area contributed by atoms with Gasteiger partial charge in [-0.15, -0.1) is 0 Å². The fraction of sp³-hybridized carbons (Fsp3) is 0.364. The number of para-hydroxylation sites is 1. The molecule has 2 nitrogen and oxygen atoms in total. The quantitative estimate of drug-likeness (QED) is 0.592. The van der Waals surface area contributed by atoms with Crippen LogP contribution in [0, 0.1) is 0 Å². The molecule has 1 radical (unpaired) electrons. The Bertz CT molecular complexity index is 355. The zero-order valence-corrected chi connectivity index (χ0v) is 7.87. The van der Waals surface area contributed by atoms with E-state index in [1.165, 1.54) is 5.56 Å². The van der Waals surface area contributed by atoms with Gasteiger partial charge in [-0.3, -0.25) is 4.79 Å². The van der Waals surface area contributed by atoms with Crippen molar-refractivity contribution < 1.29 is 4.79 Å². The summed E-state index contributed by atoms with van der Waals surface area (Å²) in [5.74, 6) is -0.0105. The smallest absolute Gasteiger partial charge is 0.247 e. The molecule has 67 valence electrons. The number of rotatable bonds is 0. The second-order valence-corrected chi connectivity index (χ2v) is 4.08. The van der Waals surface area contributed by atoms with E-state index in [1.54, 1.807) is 0 Å². The molecule has 0 fully saturated rings. The van der Waals surface area contributed by atoms with E-state index < -0.39 is 0 Å². The van der Waals surface area contributed by atoms with Crippen LogP contribution in [0.5, 0.6) is 0 Å². The van der Waals surface area contributed by atoms with Crippen LogP contribution in [0.3, 0.4) is 0 Å². The number of amides is 1. The van der Waals surface area contributed by atoms with E-state index in [0.717, 1.165) is 5.69 Å². The number of fused-ring (bicyclic) bond motifs is 1. The summed E-state index contributed by atoms with van der Waals surface area (Å²) in [7, 11) is 0. The summed E-state index contributed by atoms with van der Waals surface area (Å²) >= 11 is 0. The number of carbonyl (C=O) groups excluding carboxylic acids is 1. The fourth-order valence-corrected chi connectivity index (χ4v) is 1.79. The summed E-state index contributed by atoms with van der Waals surface area (Å²) in [4.78, 5) is 11.3. The molecule has 1 aliphatic heterocycles. The van der Waals surface area contributed by atoms with Crippen molar-refractivity contribution in [2.45, 2.75) is 25.7 Å². The highest BCUT2D eigenvalue weighted by atomic mass is 16.1. The lowest BCUT2D eigenvalue weighted by Crippen LogP contribution is -2.31. The molecule has 0 saturated heterocycles. The van der Waals surface area contributed by atoms with Gasteiger partial charge in [-0.05, 0) is 11.6 Å². The van der Waals surface area contributed by atoms with Gasteiger partial charge >= 0.3 is 0 Å². The third-order valence-electron chi connectivity index (χ3n) is 2.47. The average Bonchev–Trinajstić information content (AvgIpc) is 2.02. The Morgan fingerprint density at radius 3 is 2.77 bits per heavy atom. The van der Waals surface area contributed by atoms with Crippen molar-refractivity contribution in [1.82, 2.24) is 5.32 Å². The zero-order valence-electron chi connectivity index (χ0n) is 7.87. The monoisotopic (exact) mass is 174 g/mol. The van der Waals surface area contributed by atoms with Crippen molar-refractivity contribution in [3.63, 3.8) is 0 Å². The largest absolute Gasteiger partial charge is 0.273 e. The lowest BCUT2D eigenvalue weighted by atomic mass is 9.78. The summed E-state index contributed by atoms with van der Waals surface area (Å²) in [5.41, 5.74) is 1.95. The van der Waals surface area contributed by atoms with Crippen LogP contribution in [0.25, 0.3) is 0 Å². The van der Waals surface area contributed by atoms with E-state index in [4.69, 9.17) is 0 Å². The van der Waals surface area contributed by atoms with E-state index in [-0.39, 0.29) is 11.3 Å². The molecule has 0 spiro atoms. The van der Waals surface area contributed by atoms with E-state index in [0.29, 0.717) is 6.42 Å². The van der Waals surface area contributed by atoms with Crippen LogP contribution in [-0.2, 0) is 10.2 Å². The second-order valence-electron chi connectivity index (χ2n) is 4.08. The normalized spacial score (nSPS) is 19.1. The van der Waals surface area contributed by atoms with Gasteiger partial charge in [0.15, 0.2) is 0 Å². The minimum absolute atomic E-state index is 0.0105. The maximum Gasteiger partial charge on any atom is 0.247 e. The van der Waals surface area contributed by atoms with Crippen molar-refractivity contribution in [3.8, 4) is 0 Å².